The van der Waals surface area contributed by atoms with E-state index in [2.05, 4.69) is 6.58 Å². The molecule has 0 saturated carbocycles. The molecule has 2 heteroatoms. The van der Waals surface area contributed by atoms with Crippen LogP contribution in [0.3, 0.4) is 0 Å². The fraction of sp³-hybridized carbons (Fsp3) is 0. The van der Waals surface area contributed by atoms with Crippen molar-refractivity contribution in [3.8, 4) is 0 Å². The van der Waals surface area contributed by atoms with E-state index in [-0.39, 0.29) is 0 Å². The predicted octanol–water partition coefficient (Wildman–Crippen LogP) is 4.67. The number of rotatable bonds is 4. The van der Waals surface area contributed by atoms with E-state index in [1.54, 1.807) is 0 Å². The molecule has 108 valence electrons. The van der Waals surface area contributed by atoms with Gasteiger partial charge in [0, 0.05) is 15.9 Å². The second-order valence-corrected chi connectivity index (χ2v) is 7.88. The first-order chi connectivity index (χ1) is 10.7. The van der Waals surface area contributed by atoms with Gasteiger partial charge in [-0.15, -0.1) is 0 Å². The quantitative estimate of drug-likeness (QED) is 0.640. The molecule has 0 saturated heterocycles. The molecular weight excluding hydrogens is 287 g/mol. The van der Waals surface area contributed by atoms with Gasteiger partial charge in [-0.1, -0.05) is 97.6 Å². The summed E-state index contributed by atoms with van der Waals surface area (Å²) < 4.78 is 14.0. The summed E-state index contributed by atoms with van der Waals surface area (Å²) in [5.41, 5.74) is 0.915. The molecule has 0 heterocycles. The first-order valence-electron chi connectivity index (χ1n) is 7.19. The summed E-state index contributed by atoms with van der Waals surface area (Å²) in [6.45, 7) is 4.19. The minimum Gasteiger partial charge on any atom is -0.309 e. The van der Waals surface area contributed by atoms with Crippen molar-refractivity contribution in [2.24, 2.45) is 0 Å². The monoisotopic (exact) mass is 304 g/mol. The lowest BCUT2D eigenvalue weighted by molar-refractivity contribution is 0.593. The molecule has 0 aliphatic carbocycles. The molecule has 0 atom stereocenters. The van der Waals surface area contributed by atoms with Gasteiger partial charge < -0.3 is 4.57 Å². The molecule has 0 aromatic heterocycles. The maximum Gasteiger partial charge on any atom is 0.171 e. The van der Waals surface area contributed by atoms with Gasteiger partial charge in [-0.25, -0.2) is 0 Å². The summed E-state index contributed by atoms with van der Waals surface area (Å²) in [6, 6.07) is 29.0. The summed E-state index contributed by atoms with van der Waals surface area (Å²) in [4.78, 5) is 0. The van der Waals surface area contributed by atoms with Crippen LogP contribution < -0.4 is 10.6 Å². The van der Waals surface area contributed by atoms with E-state index in [1.165, 1.54) is 0 Å². The third kappa shape index (κ3) is 2.56. The highest BCUT2D eigenvalue weighted by Crippen LogP contribution is 2.55. The Labute approximate surface area is 131 Å². The van der Waals surface area contributed by atoms with Gasteiger partial charge >= 0.3 is 0 Å². The Kier molecular flexibility index (Phi) is 4.09. The predicted molar refractivity (Wildman–Crippen MR) is 95.2 cm³/mol. The Morgan fingerprint density at radius 3 is 1.41 bits per heavy atom. The fourth-order valence-corrected chi connectivity index (χ4v) is 5.17. The highest BCUT2D eigenvalue weighted by Gasteiger charge is 2.31. The molecule has 0 fully saturated rings. The summed E-state index contributed by atoms with van der Waals surface area (Å²) >= 11 is 0. The molecule has 0 spiro atoms. The maximum atomic E-state index is 14.0. The van der Waals surface area contributed by atoms with Gasteiger partial charge in [0.1, 0.15) is 0 Å². The Morgan fingerprint density at radius 2 is 1.00 bits per heavy atom. The molecule has 1 nitrogen and oxygen atoms in total. The largest absolute Gasteiger partial charge is 0.309 e. The van der Waals surface area contributed by atoms with Crippen LogP contribution in [-0.4, -0.2) is 0 Å². The van der Waals surface area contributed by atoms with Crippen LogP contribution in [0.5, 0.6) is 0 Å². The van der Waals surface area contributed by atoms with Crippen LogP contribution in [0.4, 0.5) is 0 Å². The van der Waals surface area contributed by atoms with Crippen LogP contribution in [0.15, 0.2) is 97.6 Å². The lowest BCUT2D eigenvalue weighted by Gasteiger charge is -2.22. The zero-order chi connectivity index (χ0) is 15.4. The van der Waals surface area contributed by atoms with E-state index in [9.17, 15) is 4.57 Å². The van der Waals surface area contributed by atoms with Crippen molar-refractivity contribution in [1.29, 1.82) is 0 Å². The highest BCUT2D eigenvalue weighted by molar-refractivity contribution is 7.87. The molecule has 0 radical (unpaired) electrons. The Hall–Kier alpha value is -2.37. The Bertz CT molecular complexity index is 765. The van der Waals surface area contributed by atoms with Crippen molar-refractivity contribution in [3.05, 3.63) is 103 Å². The van der Waals surface area contributed by atoms with Crippen molar-refractivity contribution in [2.75, 3.05) is 0 Å². The molecule has 22 heavy (non-hydrogen) atoms. The van der Waals surface area contributed by atoms with Gasteiger partial charge in [0.05, 0.1) is 0 Å². The van der Waals surface area contributed by atoms with Crippen molar-refractivity contribution < 1.29 is 4.57 Å². The normalized spacial score (nSPS) is 11.1. The third-order valence-electron chi connectivity index (χ3n) is 3.73. The molecule has 0 N–H and O–H groups in total. The molecule has 0 unspecified atom stereocenters. The number of hydrogen-bond acceptors (Lipinski definition) is 1. The van der Waals surface area contributed by atoms with Gasteiger partial charge in [0.15, 0.2) is 7.14 Å². The van der Waals surface area contributed by atoms with Crippen molar-refractivity contribution in [2.45, 2.75) is 0 Å². The minimum atomic E-state index is -2.93. The van der Waals surface area contributed by atoms with Crippen molar-refractivity contribution in [1.82, 2.24) is 0 Å². The van der Waals surface area contributed by atoms with Crippen LogP contribution in [0.2, 0.25) is 0 Å². The summed E-state index contributed by atoms with van der Waals surface area (Å²) in [6.07, 6.45) is 0. The lowest BCUT2D eigenvalue weighted by Crippen LogP contribution is -2.16. The van der Waals surface area contributed by atoms with E-state index in [1.807, 2.05) is 91.0 Å². The standard InChI is InChI=1S/C20H17OP/c1-17(18-11-5-2-6-12-18)22(21,19-13-7-3-8-14-19)20-15-9-4-10-16-20/h2-16H,1H2. The van der Waals surface area contributed by atoms with Crippen LogP contribution in [0.1, 0.15) is 5.56 Å². The van der Waals surface area contributed by atoms with E-state index < -0.39 is 7.14 Å². The zero-order valence-corrected chi connectivity index (χ0v) is 13.1. The summed E-state index contributed by atoms with van der Waals surface area (Å²) in [5, 5.41) is 2.30. The molecule has 0 aliphatic rings. The molecular formula is C20H17OP. The van der Waals surface area contributed by atoms with E-state index in [4.69, 9.17) is 0 Å². The van der Waals surface area contributed by atoms with Gasteiger partial charge in [0.2, 0.25) is 0 Å². The summed E-state index contributed by atoms with van der Waals surface area (Å²) in [5.74, 6) is 0. The highest BCUT2D eigenvalue weighted by atomic mass is 31.2. The van der Waals surface area contributed by atoms with Crippen molar-refractivity contribution in [3.63, 3.8) is 0 Å². The topological polar surface area (TPSA) is 17.1 Å². The average Bonchev–Trinajstić information content (AvgIpc) is 2.62. The Balaban J connectivity index is 2.21. The number of hydrogen-bond donors (Lipinski definition) is 0. The Morgan fingerprint density at radius 1 is 0.636 bits per heavy atom. The average molecular weight is 304 g/mol. The van der Waals surface area contributed by atoms with Gasteiger partial charge in [-0.2, -0.15) is 0 Å². The molecule has 0 amide bonds. The van der Waals surface area contributed by atoms with Crippen molar-refractivity contribution >= 4 is 23.1 Å². The lowest BCUT2D eigenvalue weighted by atomic mass is 10.2. The SMILES string of the molecule is C=C(c1ccccc1)P(=O)(c1ccccc1)c1ccccc1. The second-order valence-electron chi connectivity index (χ2n) is 5.09. The smallest absolute Gasteiger partial charge is 0.171 e. The fourth-order valence-electron chi connectivity index (χ4n) is 2.55. The van der Waals surface area contributed by atoms with Gasteiger partial charge in [-0.3, -0.25) is 0 Å². The molecule has 0 bridgehead atoms. The maximum absolute atomic E-state index is 14.0. The first kappa shape index (κ1) is 14.6. The molecule has 3 rings (SSSR count). The minimum absolute atomic E-state index is 0.672. The van der Waals surface area contributed by atoms with Gasteiger partial charge in [-0.05, 0) is 5.56 Å². The summed E-state index contributed by atoms with van der Waals surface area (Å²) in [7, 11) is -2.93. The number of benzene rings is 3. The van der Waals surface area contributed by atoms with E-state index in [0.717, 1.165) is 16.2 Å². The zero-order valence-electron chi connectivity index (χ0n) is 12.2. The molecule has 3 aromatic rings. The molecule has 3 aromatic carbocycles. The van der Waals surface area contributed by atoms with E-state index in [0.29, 0.717) is 5.31 Å². The van der Waals surface area contributed by atoms with Crippen LogP contribution in [0.25, 0.3) is 5.31 Å². The first-order valence-corrected chi connectivity index (χ1v) is 8.90. The van der Waals surface area contributed by atoms with Crippen LogP contribution in [0, 0.1) is 0 Å². The van der Waals surface area contributed by atoms with Crippen LogP contribution in [-0.2, 0) is 4.57 Å². The molecule has 0 aliphatic heterocycles. The van der Waals surface area contributed by atoms with E-state index >= 15 is 0 Å². The second kappa shape index (κ2) is 6.17. The third-order valence-corrected chi connectivity index (χ3v) is 6.80. The van der Waals surface area contributed by atoms with Gasteiger partial charge in [0.25, 0.3) is 0 Å². The van der Waals surface area contributed by atoms with Crippen LogP contribution >= 0.6 is 7.14 Å².